The van der Waals surface area contributed by atoms with Gasteiger partial charge in [-0.2, -0.15) is 5.10 Å². The molecule has 0 unspecified atom stereocenters. The van der Waals surface area contributed by atoms with Gasteiger partial charge in [-0.25, -0.2) is 5.43 Å². The van der Waals surface area contributed by atoms with Crippen LogP contribution in [0.25, 0.3) is 0 Å². The van der Waals surface area contributed by atoms with Crippen molar-refractivity contribution < 1.29 is 14.3 Å². The second-order valence-electron chi connectivity index (χ2n) is 5.58. The number of halogens is 2. The third-order valence-corrected chi connectivity index (χ3v) is 4.39. The average molecular weight is 440 g/mol. The summed E-state index contributed by atoms with van der Waals surface area (Å²) in [6, 6.07) is 10.5. The number of carbonyl (C=O) groups excluding carboxylic acids is 1. The van der Waals surface area contributed by atoms with Gasteiger partial charge in [-0.15, -0.1) is 0 Å². The van der Waals surface area contributed by atoms with Gasteiger partial charge in [0.1, 0.15) is 0 Å². The maximum atomic E-state index is 12.1. The quantitative estimate of drug-likeness (QED) is 0.485. The molecule has 1 N–H and O–H groups in total. The van der Waals surface area contributed by atoms with Gasteiger partial charge in [-0.1, -0.05) is 40.5 Å². The topological polar surface area (TPSA) is 59.9 Å². The molecule has 0 heterocycles. The molecule has 0 fully saturated rings. The minimum Gasteiger partial charge on any atom is -0.493 e. The summed E-state index contributed by atoms with van der Waals surface area (Å²) in [4.78, 5) is 12.1. The van der Waals surface area contributed by atoms with Gasteiger partial charge in [-0.05, 0) is 49.2 Å². The molecule has 26 heavy (non-hydrogen) atoms. The zero-order valence-electron chi connectivity index (χ0n) is 14.8. The van der Waals surface area contributed by atoms with Crippen molar-refractivity contribution in [3.63, 3.8) is 0 Å². The van der Waals surface area contributed by atoms with Crippen LogP contribution < -0.4 is 14.9 Å². The number of methoxy groups -OCH3 is 1. The van der Waals surface area contributed by atoms with Gasteiger partial charge in [0.25, 0.3) is 5.91 Å². The summed E-state index contributed by atoms with van der Waals surface area (Å²) < 4.78 is 12.0. The maximum Gasteiger partial charge on any atom is 0.271 e. The summed E-state index contributed by atoms with van der Waals surface area (Å²) in [5.74, 6) is 0.703. The molecule has 0 aliphatic carbocycles. The van der Waals surface area contributed by atoms with Gasteiger partial charge in [0.15, 0.2) is 11.5 Å². The molecule has 138 valence electrons. The number of nitrogens with zero attached hydrogens (tertiary/aromatic N) is 1. The van der Waals surface area contributed by atoms with Crippen molar-refractivity contribution in [3.05, 3.63) is 57.0 Å². The molecule has 1 amide bonds. The molecule has 0 radical (unpaired) electrons. The zero-order chi connectivity index (χ0) is 19.1. The minimum absolute atomic E-state index is 0.0189. The van der Waals surface area contributed by atoms with E-state index in [1.54, 1.807) is 37.4 Å². The molecular formula is C19H20BrClN2O3. The lowest BCUT2D eigenvalue weighted by Crippen LogP contribution is -2.17. The van der Waals surface area contributed by atoms with Gasteiger partial charge in [-0.3, -0.25) is 4.79 Å². The van der Waals surface area contributed by atoms with E-state index in [1.807, 2.05) is 19.9 Å². The first-order valence-corrected chi connectivity index (χ1v) is 9.24. The fraction of sp³-hybridized carbons (Fsp3) is 0.263. The second kappa shape index (κ2) is 9.59. The number of carbonyl (C=O) groups is 1. The number of benzene rings is 2. The smallest absolute Gasteiger partial charge is 0.271 e. The predicted octanol–water partition coefficient (Wildman–Crippen LogP) is 5.05. The average Bonchev–Trinajstić information content (AvgIpc) is 2.63. The Morgan fingerprint density at radius 2 is 2.15 bits per heavy atom. The molecule has 0 bridgehead atoms. The highest BCUT2D eigenvalue weighted by Crippen LogP contribution is 2.37. The molecule has 2 aromatic rings. The summed E-state index contributed by atoms with van der Waals surface area (Å²) in [5, 5.41) is 4.40. The molecule has 2 rings (SSSR count). The van der Waals surface area contributed by atoms with Crippen LogP contribution in [-0.4, -0.2) is 25.3 Å². The van der Waals surface area contributed by atoms with Crippen LogP contribution in [0.3, 0.4) is 0 Å². The fourth-order valence-electron chi connectivity index (χ4n) is 2.07. The summed E-state index contributed by atoms with van der Waals surface area (Å²) in [5.41, 5.74) is 3.66. The molecule has 0 saturated heterocycles. The Balaban J connectivity index is 2.12. The van der Waals surface area contributed by atoms with Crippen LogP contribution in [0.15, 0.2) is 46.0 Å². The fourth-order valence-corrected chi connectivity index (χ4v) is 2.74. The summed E-state index contributed by atoms with van der Waals surface area (Å²) >= 11 is 9.64. The van der Waals surface area contributed by atoms with E-state index in [0.29, 0.717) is 27.6 Å². The Morgan fingerprint density at radius 1 is 1.38 bits per heavy atom. The van der Waals surface area contributed by atoms with E-state index in [-0.39, 0.29) is 12.0 Å². The molecule has 2 aromatic carbocycles. The minimum atomic E-state index is -0.308. The summed E-state index contributed by atoms with van der Waals surface area (Å²) in [6.07, 6.45) is 2.37. The monoisotopic (exact) mass is 438 g/mol. The molecule has 7 heteroatoms. The largest absolute Gasteiger partial charge is 0.493 e. The van der Waals surface area contributed by atoms with E-state index in [2.05, 4.69) is 26.5 Å². The van der Waals surface area contributed by atoms with Crippen LogP contribution >= 0.6 is 27.5 Å². The number of amides is 1. The van der Waals surface area contributed by atoms with Crippen molar-refractivity contribution in [1.82, 2.24) is 5.43 Å². The Labute approximate surface area is 166 Å². The SMILES string of the molecule is CC[C@@H](C)Oc1c(Cl)cc(/C=N\NC(=O)c2cccc(Br)c2)cc1OC. The van der Waals surface area contributed by atoms with Crippen LogP contribution in [-0.2, 0) is 0 Å². The van der Waals surface area contributed by atoms with Gasteiger partial charge in [0.2, 0.25) is 0 Å². The van der Waals surface area contributed by atoms with E-state index in [4.69, 9.17) is 21.1 Å². The second-order valence-corrected chi connectivity index (χ2v) is 6.90. The van der Waals surface area contributed by atoms with Gasteiger partial charge in [0, 0.05) is 10.0 Å². The van der Waals surface area contributed by atoms with E-state index in [9.17, 15) is 4.79 Å². The molecular weight excluding hydrogens is 420 g/mol. The number of hydrogen-bond donors (Lipinski definition) is 1. The first kappa shape index (κ1) is 20.3. The standard InChI is InChI=1S/C19H20BrClN2O3/c1-4-12(2)26-18-16(21)8-13(9-17(18)25-3)11-22-23-19(24)14-6-5-7-15(20)10-14/h5-12H,4H2,1-3H3,(H,23,24)/b22-11-/t12-/m1/s1. The van der Waals surface area contributed by atoms with E-state index in [1.165, 1.54) is 6.21 Å². The highest BCUT2D eigenvalue weighted by molar-refractivity contribution is 9.10. The van der Waals surface area contributed by atoms with Crippen molar-refractivity contribution in [2.24, 2.45) is 5.10 Å². The third kappa shape index (κ3) is 5.47. The lowest BCUT2D eigenvalue weighted by molar-refractivity contribution is 0.0955. The normalized spacial score (nSPS) is 12.0. The summed E-state index contributed by atoms with van der Waals surface area (Å²) in [6.45, 7) is 3.99. The molecule has 0 saturated carbocycles. The van der Waals surface area contributed by atoms with E-state index >= 15 is 0 Å². The highest BCUT2D eigenvalue weighted by Gasteiger charge is 2.14. The highest BCUT2D eigenvalue weighted by atomic mass is 79.9. The van der Waals surface area contributed by atoms with Crippen LogP contribution in [0.4, 0.5) is 0 Å². The van der Waals surface area contributed by atoms with E-state index in [0.717, 1.165) is 10.9 Å². The van der Waals surface area contributed by atoms with Crippen LogP contribution in [0, 0.1) is 0 Å². The molecule has 0 aromatic heterocycles. The van der Waals surface area contributed by atoms with E-state index < -0.39 is 0 Å². The number of hydrogen-bond acceptors (Lipinski definition) is 4. The number of rotatable bonds is 7. The lowest BCUT2D eigenvalue weighted by atomic mass is 10.2. The van der Waals surface area contributed by atoms with Crippen LogP contribution in [0.1, 0.15) is 36.2 Å². The molecule has 0 spiro atoms. The lowest BCUT2D eigenvalue weighted by Gasteiger charge is -2.17. The molecule has 0 aliphatic rings. The Hall–Kier alpha value is -2.05. The first-order valence-electron chi connectivity index (χ1n) is 8.07. The molecule has 1 atom stereocenters. The predicted molar refractivity (Wildman–Crippen MR) is 108 cm³/mol. The number of hydrazone groups is 1. The number of nitrogens with one attached hydrogen (secondary N) is 1. The van der Waals surface area contributed by atoms with Crippen molar-refractivity contribution >= 4 is 39.7 Å². The Kier molecular flexibility index (Phi) is 7.48. The Bertz CT molecular complexity index is 811. The Morgan fingerprint density at radius 3 is 2.81 bits per heavy atom. The van der Waals surface area contributed by atoms with Gasteiger partial charge >= 0.3 is 0 Å². The third-order valence-electron chi connectivity index (χ3n) is 3.61. The van der Waals surface area contributed by atoms with Gasteiger partial charge in [0.05, 0.1) is 24.5 Å². The van der Waals surface area contributed by atoms with Gasteiger partial charge < -0.3 is 9.47 Å². The van der Waals surface area contributed by atoms with Crippen LogP contribution in [0.5, 0.6) is 11.5 Å². The number of ether oxygens (including phenoxy) is 2. The molecule has 5 nitrogen and oxygen atoms in total. The first-order chi connectivity index (χ1) is 12.4. The maximum absolute atomic E-state index is 12.1. The summed E-state index contributed by atoms with van der Waals surface area (Å²) in [7, 11) is 1.55. The van der Waals surface area contributed by atoms with Crippen molar-refractivity contribution in [1.29, 1.82) is 0 Å². The zero-order valence-corrected chi connectivity index (χ0v) is 17.1. The van der Waals surface area contributed by atoms with Crippen LogP contribution in [0.2, 0.25) is 5.02 Å². The van der Waals surface area contributed by atoms with Crippen molar-refractivity contribution in [3.8, 4) is 11.5 Å². The molecule has 0 aliphatic heterocycles. The van der Waals surface area contributed by atoms with Crippen molar-refractivity contribution in [2.45, 2.75) is 26.4 Å². The van der Waals surface area contributed by atoms with Crippen molar-refractivity contribution in [2.75, 3.05) is 7.11 Å².